The summed E-state index contributed by atoms with van der Waals surface area (Å²) in [5, 5.41) is 10.4. The highest BCUT2D eigenvalue weighted by atomic mass is 28.3. The molecule has 0 saturated carbocycles. The van der Waals surface area contributed by atoms with E-state index in [-0.39, 0.29) is 86.7 Å². The first-order valence-electron chi connectivity index (χ1n) is 31.6. The summed E-state index contributed by atoms with van der Waals surface area (Å²) in [7, 11) is 2.14. The number of carboxylic acid groups (broad SMARTS) is 1. The molecule has 5 aromatic carbocycles. The van der Waals surface area contributed by atoms with Crippen LogP contribution in [0.1, 0.15) is 62.6 Å². The Bertz CT molecular complexity index is 3620. The molecule has 6 aliphatic rings. The minimum Gasteiger partial charge on any atom is -0.493 e. The number of rotatable bonds is 25. The Morgan fingerprint density at radius 2 is 1.12 bits per heavy atom. The van der Waals surface area contributed by atoms with Crippen molar-refractivity contribution in [1.82, 2.24) is 19.6 Å². The van der Waals surface area contributed by atoms with Crippen molar-refractivity contribution >= 4 is 68.5 Å². The van der Waals surface area contributed by atoms with E-state index in [4.69, 9.17) is 28.4 Å². The number of hydrogen-bond donors (Lipinski definition) is 1. The lowest BCUT2D eigenvalue weighted by Crippen LogP contribution is -2.45. The van der Waals surface area contributed by atoms with Crippen molar-refractivity contribution in [3.05, 3.63) is 155 Å². The number of piperazine rings is 1. The smallest absolute Gasteiger partial charge is 0.407 e. The Balaban J connectivity index is 0.788. The van der Waals surface area contributed by atoms with Gasteiger partial charge in [0.25, 0.3) is 23.6 Å². The topological polar surface area (TPSA) is 184 Å². The monoisotopic (exact) mass is 1270 g/mol. The number of ether oxygens (including phenoxy) is 6. The average Bonchev–Trinajstić information content (AvgIpc) is 1.68. The highest BCUT2D eigenvalue weighted by Gasteiger charge is 2.45. The number of benzene rings is 5. The van der Waals surface area contributed by atoms with E-state index in [1.54, 1.807) is 52.4 Å². The maximum atomic E-state index is 14.9. The summed E-state index contributed by atoms with van der Waals surface area (Å²) in [5.74, 6) is -0.265. The van der Waals surface area contributed by atoms with Gasteiger partial charge in [-0.05, 0) is 82.4 Å². The SMILES string of the molecule is COc1cc2c(cc1OCCCOc1cc3c(cc1OC)C(=O)N1C=C(c4ccc(N5CCN(C)CC5)cc4)C[C@H]1C(=O)N3COCC[Si](C)(C)C)N(COCC[Si](C)(C)C)C(=O)[C@@H]1CC(/C=C/CN(CC3c4ccccc4-c4ccccc43)C(=O)O)=CN1C2=O. The second kappa shape index (κ2) is 27.3. The van der Waals surface area contributed by atoms with Crippen LogP contribution in [0.25, 0.3) is 16.7 Å². The van der Waals surface area contributed by atoms with Gasteiger partial charge in [-0.25, -0.2) is 4.79 Å². The normalized spacial score (nSPS) is 18.3. The number of anilines is 3. The fourth-order valence-electron chi connectivity index (χ4n) is 12.6. The highest BCUT2D eigenvalue weighted by molar-refractivity contribution is 6.76. The summed E-state index contributed by atoms with van der Waals surface area (Å²) >= 11 is 0. The minimum atomic E-state index is -1.52. The number of amides is 5. The van der Waals surface area contributed by atoms with Crippen molar-refractivity contribution in [2.75, 3.05) is 115 Å². The zero-order valence-electron chi connectivity index (χ0n) is 53.9. The molecule has 91 heavy (non-hydrogen) atoms. The average molecular weight is 1270 g/mol. The van der Waals surface area contributed by atoms with Crippen molar-refractivity contribution in [3.63, 3.8) is 0 Å². The Kier molecular flexibility index (Phi) is 19.3. The van der Waals surface area contributed by atoms with Crippen LogP contribution in [0.5, 0.6) is 23.0 Å². The molecular weight excluding hydrogens is 1190 g/mol. The number of carbonyl (C=O) groups excluding carboxylic acids is 4. The molecule has 1 aliphatic carbocycles. The Hall–Kier alpha value is -8.22. The van der Waals surface area contributed by atoms with Crippen molar-refractivity contribution in [2.24, 2.45) is 0 Å². The van der Waals surface area contributed by atoms with Crippen LogP contribution in [0, 0.1) is 0 Å². The molecule has 1 N–H and O–H groups in total. The van der Waals surface area contributed by atoms with Gasteiger partial charge in [-0.1, -0.05) is 112 Å². The summed E-state index contributed by atoms with van der Waals surface area (Å²) in [6, 6.07) is 31.3. The van der Waals surface area contributed by atoms with Crippen LogP contribution in [-0.4, -0.2) is 183 Å². The molecular formula is C70H85N7O12Si2. The molecule has 19 nitrogen and oxygen atoms in total. The van der Waals surface area contributed by atoms with Crippen molar-refractivity contribution in [2.45, 2.75) is 88.6 Å². The molecule has 1 fully saturated rings. The second-order valence-electron chi connectivity index (χ2n) is 26.7. The lowest BCUT2D eigenvalue weighted by molar-refractivity contribution is -0.123. The molecule has 480 valence electrons. The zero-order valence-corrected chi connectivity index (χ0v) is 55.9. The molecule has 5 heterocycles. The molecule has 5 aromatic rings. The number of hydrogen-bond acceptors (Lipinski definition) is 13. The van der Waals surface area contributed by atoms with Gasteiger partial charge in [0, 0.05) is 124 Å². The molecule has 0 radical (unpaired) electrons. The first kappa shape index (κ1) is 64.3. The number of likely N-dealkylation sites (N-methyl/N-ethyl adjacent to an activating group) is 1. The van der Waals surface area contributed by atoms with Gasteiger partial charge in [-0.2, -0.15) is 0 Å². The summed E-state index contributed by atoms with van der Waals surface area (Å²) in [5.41, 5.74) is 9.28. The molecule has 0 bridgehead atoms. The van der Waals surface area contributed by atoms with Gasteiger partial charge in [0.15, 0.2) is 23.0 Å². The number of methoxy groups -OCH3 is 2. The van der Waals surface area contributed by atoms with Gasteiger partial charge in [-0.15, -0.1) is 0 Å². The second-order valence-corrected chi connectivity index (χ2v) is 37.9. The van der Waals surface area contributed by atoms with E-state index in [2.05, 4.69) is 105 Å². The van der Waals surface area contributed by atoms with Crippen LogP contribution in [-0.2, 0) is 19.1 Å². The van der Waals surface area contributed by atoms with E-state index >= 15 is 0 Å². The van der Waals surface area contributed by atoms with Crippen LogP contribution in [0.15, 0.2) is 127 Å². The number of fused-ring (bicyclic) bond motifs is 7. The lowest BCUT2D eigenvalue weighted by Gasteiger charge is -2.34. The number of nitrogens with zero attached hydrogens (tertiary/aromatic N) is 7. The zero-order chi connectivity index (χ0) is 64.3. The molecule has 11 rings (SSSR count). The van der Waals surface area contributed by atoms with Gasteiger partial charge in [-0.3, -0.25) is 29.0 Å². The predicted octanol–water partition coefficient (Wildman–Crippen LogP) is 11.3. The molecule has 0 spiro atoms. The lowest BCUT2D eigenvalue weighted by atomic mass is 9.96. The van der Waals surface area contributed by atoms with Crippen molar-refractivity contribution in [1.29, 1.82) is 0 Å². The molecule has 1 saturated heterocycles. The van der Waals surface area contributed by atoms with Gasteiger partial charge in [0.05, 0.1) is 49.9 Å². The molecule has 5 aliphatic heterocycles. The van der Waals surface area contributed by atoms with E-state index < -0.39 is 40.2 Å². The summed E-state index contributed by atoms with van der Waals surface area (Å²) in [6.07, 6.45) is 6.91. The predicted molar refractivity (Wildman–Crippen MR) is 358 cm³/mol. The number of allylic oxidation sites excluding steroid dienone is 1. The van der Waals surface area contributed by atoms with E-state index in [1.165, 1.54) is 28.9 Å². The molecule has 0 unspecified atom stereocenters. The quantitative estimate of drug-likeness (QED) is 0.0430. The van der Waals surface area contributed by atoms with Crippen LogP contribution >= 0.6 is 0 Å². The maximum Gasteiger partial charge on any atom is 0.407 e. The molecule has 0 aromatic heterocycles. The van der Waals surface area contributed by atoms with Crippen LogP contribution in [0.3, 0.4) is 0 Å². The standard InChI is InChI=1S/C70H85N7O12Si2/c1-71-26-28-72(29-27-71)50-23-21-48(22-24-50)49-37-61-69(81)77(46-87-33-35-91(7,8)9)59-41-65(63(85-3)39-56(59)67(79)75(61)43-49)89-31-15-30-88-64-40-58-55(38-62(64)84-2)66(78)74-42-47(36-60(74)68(80)76(58)45-86-32-34-90(4,5)6)16-14-25-73(70(82)83)44-57-53-19-12-10-17-51(53)52-18-11-13-20-54(52)57/h10-14,16-24,38-43,57,60-61H,15,25-37,44-46H2,1-9H3,(H,82,83)/b16-14+/t60-,61-/m0/s1. The van der Waals surface area contributed by atoms with Crippen molar-refractivity contribution in [3.8, 4) is 34.1 Å². The third-order valence-electron chi connectivity index (χ3n) is 17.9. The fourth-order valence-corrected chi connectivity index (χ4v) is 14.1. The van der Waals surface area contributed by atoms with E-state index in [0.717, 1.165) is 77.3 Å². The summed E-state index contributed by atoms with van der Waals surface area (Å²) in [6.45, 7) is 18.8. The maximum absolute atomic E-state index is 14.9. The third-order valence-corrected chi connectivity index (χ3v) is 21.3. The van der Waals surface area contributed by atoms with Gasteiger partial charge in [0.1, 0.15) is 25.5 Å². The van der Waals surface area contributed by atoms with Crippen molar-refractivity contribution < 1.29 is 57.5 Å². The molecule has 5 amide bonds. The fraction of sp³-hybridized carbons (Fsp3) is 0.414. The molecule has 2 atom stereocenters. The first-order chi connectivity index (χ1) is 43.7. The largest absolute Gasteiger partial charge is 0.493 e. The van der Waals surface area contributed by atoms with Gasteiger partial charge < -0.3 is 58.0 Å². The number of carbonyl (C=O) groups is 5. The van der Waals surface area contributed by atoms with E-state index in [9.17, 15) is 29.1 Å². The van der Waals surface area contributed by atoms with E-state index in [0.29, 0.717) is 60.3 Å². The van der Waals surface area contributed by atoms with Gasteiger partial charge in [0.2, 0.25) is 0 Å². The Morgan fingerprint density at radius 1 is 0.615 bits per heavy atom. The van der Waals surface area contributed by atoms with Gasteiger partial charge >= 0.3 is 6.09 Å². The minimum absolute atomic E-state index is 0.0545. The third kappa shape index (κ3) is 14.2. The van der Waals surface area contributed by atoms with Crippen LogP contribution < -0.4 is 33.6 Å². The Morgan fingerprint density at radius 3 is 1.63 bits per heavy atom. The summed E-state index contributed by atoms with van der Waals surface area (Å²) in [4.78, 5) is 84.2. The van der Waals surface area contributed by atoms with Crippen LogP contribution in [0.4, 0.5) is 21.9 Å². The Labute approximate surface area is 536 Å². The van der Waals surface area contributed by atoms with Crippen LogP contribution in [0.2, 0.25) is 51.4 Å². The first-order valence-corrected chi connectivity index (χ1v) is 39.0. The van der Waals surface area contributed by atoms with E-state index in [1.807, 2.05) is 30.5 Å². The highest BCUT2D eigenvalue weighted by Crippen LogP contribution is 2.47. The summed E-state index contributed by atoms with van der Waals surface area (Å²) < 4.78 is 37.1. The molecule has 21 heteroatoms.